The lowest BCUT2D eigenvalue weighted by Crippen LogP contribution is -1.96. The smallest absolute Gasteiger partial charge is 0.210 e. The lowest BCUT2D eigenvalue weighted by Gasteiger charge is -2.05. The van der Waals surface area contributed by atoms with E-state index < -0.39 is 0 Å². The summed E-state index contributed by atoms with van der Waals surface area (Å²) in [5.74, 6) is 2.51. The van der Waals surface area contributed by atoms with Crippen LogP contribution in [0.4, 0.5) is 5.13 Å². The molecule has 0 spiro atoms. The molecule has 4 aromatic rings. The Bertz CT molecular complexity index is 1150. The molecule has 0 aliphatic rings. The first-order chi connectivity index (χ1) is 16.7. The van der Waals surface area contributed by atoms with Crippen LogP contribution in [0.2, 0.25) is 0 Å². The van der Waals surface area contributed by atoms with Gasteiger partial charge in [0.2, 0.25) is 5.13 Å². The zero-order chi connectivity index (χ0) is 23.8. The third-order valence-electron chi connectivity index (χ3n) is 5.30. The van der Waals surface area contributed by atoms with Crippen molar-refractivity contribution in [2.45, 2.75) is 19.8 Å². The number of benzene rings is 3. The van der Waals surface area contributed by atoms with Gasteiger partial charge in [0.05, 0.1) is 31.4 Å². The first kappa shape index (κ1) is 23.5. The molecule has 34 heavy (non-hydrogen) atoms. The van der Waals surface area contributed by atoms with Crippen molar-refractivity contribution >= 4 is 22.7 Å². The van der Waals surface area contributed by atoms with Crippen LogP contribution in [0, 0.1) is 0 Å². The molecule has 4 rings (SSSR count). The number of hydrogen-bond donors (Lipinski definition) is 0. The molecule has 1 aromatic heterocycles. The van der Waals surface area contributed by atoms with E-state index in [0.29, 0.717) is 5.13 Å². The van der Waals surface area contributed by atoms with Gasteiger partial charge >= 0.3 is 0 Å². The molecule has 0 N–H and O–H groups in total. The molecule has 0 amide bonds. The van der Waals surface area contributed by atoms with Crippen molar-refractivity contribution in [1.82, 2.24) is 4.98 Å². The molecule has 0 radical (unpaired) electrons. The maximum Gasteiger partial charge on any atom is 0.210 e. The topological polar surface area (TPSA) is 52.9 Å². The molecule has 0 fully saturated rings. The second-order valence-corrected chi connectivity index (χ2v) is 8.64. The normalized spacial score (nSPS) is 11.0. The Morgan fingerprint density at radius 3 is 1.97 bits per heavy atom. The number of nitrogens with zero attached hydrogens (tertiary/aromatic N) is 2. The summed E-state index contributed by atoms with van der Waals surface area (Å²) in [5, 5.41) is 0.694. The molecular weight excluding hydrogens is 444 g/mol. The quantitative estimate of drug-likeness (QED) is 0.178. The largest absolute Gasteiger partial charge is 0.497 e. The molecule has 0 bridgehead atoms. The predicted octanol–water partition coefficient (Wildman–Crippen LogP) is 7.42. The van der Waals surface area contributed by atoms with Gasteiger partial charge in [-0.2, -0.15) is 0 Å². The average molecular weight is 473 g/mol. The third-order valence-corrected chi connectivity index (χ3v) is 6.31. The summed E-state index contributed by atoms with van der Waals surface area (Å²) in [7, 11) is 3.33. The van der Waals surface area contributed by atoms with Gasteiger partial charge < -0.3 is 14.2 Å². The maximum atomic E-state index is 5.74. The van der Waals surface area contributed by atoms with E-state index in [1.54, 1.807) is 25.6 Å². The van der Waals surface area contributed by atoms with Gasteiger partial charge in [0.15, 0.2) is 0 Å². The highest BCUT2D eigenvalue weighted by atomic mass is 32.1. The Morgan fingerprint density at radius 1 is 0.794 bits per heavy atom. The van der Waals surface area contributed by atoms with Crippen molar-refractivity contribution in [1.29, 1.82) is 0 Å². The lowest BCUT2D eigenvalue weighted by molar-refractivity contribution is 0.309. The van der Waals surface area contributed by atoms with E-state index in [2.05, 4.69) is 11.9 Å². The van der Waals surface area contributed by atoms with Crippen molar-refractivity contribution in [3.8, 4) is 38.9 Å². The summed E-state index contributed by atoms with van der Waals surface area (Å²) in [6.45, 7) is 2.90. The first-order valence-electron chi connectivity index (χ1n) is 11.3. The van der Waals surface area contributed by atoms with Gasteiger partial charge in [0.25, 0.3) is 0 Å². The Balaban J connectivity index is 1.61. The van der Waals surface area contributed by atoms with Crippen LogP contribution in [0.25, 0.3) is 21.7 Å². The van der Waals surface area contributed by atoms with E-state index in [9.17, 15) is 0 Å². The number of methoxy groups -OCH3 is 2. The van der Waals surface area contributed by atoms with E-state index in [1.165, 1.54) is 0 Å². The minimum atomic E-state index is 0.694. The summed E-state index contributed by atoms with van der Waals surface area (Å²) in [6.07, 6.45) is 4.01. The first-order valence-corrected chi connectivity index (χ1v) is 12.1. The van der Waals surface area contributed by atoms with Gasteiger partial charge in [-0.3, -0.25) is 0 Å². The monoisotopic (exact) mass is 472 g/mol. The molecule has 0 aliphatic carbocycles. The van der Waals surface area contributed by atoms with Crippen LogP contribution >= 0.6 is 11.3 Å². The van der Waals surface area contributed by atoms with E-state index >= 15 is 0 Å². The SMILES string of the molecule is CCCCOc1ccc(C=Nc2nc(-c3ccc(OC)cc3)c(-c3ccc(OC)cc3)s2)cc1. The molecule has 3 aromatic carbocycles. The molecule has 0 atom stereocenters. The zero-order valence-electron chi connectivity index (χ0n) is 19.7. The van der Waals surface area contributed by atoms with Gasteiger partial charge in [-0.25, -0.2) is 9.98 Å². The number of thiazole rings is 1. The van der Waals surface area contributed by atoms with Crippen LogP contribution in [-0.2, 0) is 0 Å². The fourth-order valence-electron chi connectivity index (χ4n) is 3.36. The highest BCUT2D eigenvalue weighted by Crippen LogP contribution is 2.41. The fraction of sp³-hybridized carbons (Fsp3) is 0.214. The van der Waals surface area contributed by atoms with E-state index in [4.69, 9.17) is 19.2 Å². The van der Waals surface area contributed by atoms with Gasteiger partial charge in [0, 0.05) is 11.8 Å². The summed E-state index contributed by atoms with van der Waals surface area (Å²) < 4.78 is 16.4. The molecule has 0 unspecified atom stereocenters. The maximum absolute atomic E-state index is 5.74. The van der Waals surface area contributed by atoms with Crippen molar-refractivity contribution in [2.24, 2.45) is 4.99 Å². The Hall–Kier alpha value is -3.64. The predicted molar refractivity (Wildman–Crippen MR) is 140 cm³/mol. The molecular formula is C28H28N2O3S. The average Bonchev–Trinajstić information content (AvgIpc) is 3.33. The number of unbranched alkanes of at least 4 members (excludes halogenated alkanes) is 1. The second-order valence-electron chi connectivity index (χ2n) is 7.66. The highest BCUT2D eigenvalue weighted by Gasteiger charge is 2.15. The molecule has 1 heterocycles. The van der Waals surface area contributed by atoms with Crippen LogP contribution in [0.1, 0.15) is 25.3 Å². The number of aliphatic imine (C=N–C) groups is 1. The Labute approximate surface area is 204 Å². The van der Waals surface area contributed by atoms with Crippen LogP contribution in [0.15, 0.2) is 77.8 Å². The molecule has 5 nitrogen and oxygen atoms in total. The fourth-order valence-corrected chi connectivity index (χ4v) is 4.30. The van der Waals surface area contributed by atoms with Crippen LogP contribution in [-0.4, -0.2) is 32.0 Å². The summed E-state index contributed by atoms with van der Waals surface area (Å²) in [4.78, 5) is 10.6. The van der Waals surface area contributed by atoms with Crippen molar-refractivity contribution < 1.29 is 14.2 Å². The summed E-state index contributed by atoms with van der Waals surface area (Å²) in [5.41, 5.74) is 3.97. The Kier molecular flexibility index (Phi) is 7.94. The van der Waals surface area contributed by atoms with Crippen molar-refractivity contribution in [2.75, 3.05) is 20.8 Å². The summed E-state index contributed by atoms with van der Waals surface area (Å²) in [6, 6.07) is 23.9. The minimum Gasteiger partial charge on any atom is -0.497 e. The van der Waals surface area contributed by atoms with Gasteiger partial charge in [-0.15, -0.1) is 0 Å². The molecule has 0 saturated heterocycles. The van der Waals surface area contributed by atoms with E-state index in [0.717, 1.165) is 64.0 Å². The number of ether oxygens (including phenoxy) is 3. The highest BCUT2D eigenvalue weighted by molar-refractivity contribution is 7.19. The van der Waals surface area contributed by atoms with Crippen LogP contribution in [0.3, 0.4) is 0 Å². The minimum absolute atomic E-state index is 0.694. The van der Waals surface area contributed by atoms with Crippen molar-refractivity contribution in [3.05, 3.63) is 78.4 Å². The number of hydrogen-bond acceptors (Lipinski definition) is 6. The molecule has 174 valence electrons. The molecule has 0 saturated carbocycles. The van der Waals surface area contributed by atoms with Gasteiger partial charge in [-0.1, -0.05) is 24.7 Å². The van der Waals surface area contributed by atoms with Crippen molar-refractivity contribution in [3.63, 3.8) is 0 Å². The van der Waals surface area contributed by atoms with E-state index in [-0.39, 0.29) is 0 Å². The standard InChI is InChI=1S/C28H28N2O3S/c1-4-5-18-33-25-12-6-20(7-13-25)19-29-28-30-26(21-8-14-23(31-2)15-9-21)27(34-28)22-10-16-24(32-3)17-11-22/h6-17,19H,4-5,18H2,1-3H3. The van der Waals surface area contributed by atoms with E-state index in [1.807, 2.05) is 79.0 Å². The Morgan fingerprint density at radius 2 is 1.38 bits per heavy atom. The molecule has 0 aliphatic heterocycles. The number of aromatic nitrogens is 1. The van der Waals surface area contributed by atoms with Crippen LogP contribution < -0.4 is 14.2 Å². The lowest BCUT2D eigenvalue weighted by atomic mass is 10.1. The summed E-state index contributed by atoms with van der Waals surface area (Å²) >= 11 is 1.56. The third kappa shape index (κ3) is 5.83. The van der Waals surface area contributed by atoms with Gasteiger partial charge in [0.1, 0.15) is 17.2 Å². The second kappa shape index (κ2) is 11.5. The number of rotatable bonds is 10. The zero-order valence-corrected chi connectivity index (χ0v) is 20.5. The van der Waals surface area contributed by atoms with Crippen LogP contribution in [0.5, 0.6) is 17.2 Å². The van der Waals surface area contributed by atoms with Gasteiger partial charge in [-0.05, 0) is 90.3 Å². The molecule has 6 heteroatoms.